The summed E-state index contributed by atoms with van der Waals surface area (Å²) in [4.78, 5) is 0. The Morgan fingerprint density at radius 1 is 1.00 bits per heavy atom. The summed E-state index contributed by atoms with van der Waals surface area (Å²) in [5, 5.41) is 4.64. The number of nitrogens with one attached hydrogen (secondary N) is 1. The Hall–Kier alpha value is -1.23. The van der Waals surface area contributed by atoms with Crippen molar-refractivity contribution in [2.24, 2.45) is 23.2 Å². The molecule has 0 amide bonds. The van der Waals surface area contributed by atoms with Gasteiger partial charge in [0.05, 0.1) is 11.1 Å². The van der Waals surface area contributed by atoms with E-state index in [0.29, 0.717) is 24.7 Å². The van der Waals surface area contributed by atoms with E-state index in [1.165, 1.54) is 44.1 Å². The van der Waals surface area contributed by atoms with Gasteiger partial charge in [-0.1, -0.05) is 23.7 Å². The molecule has 3 nitrogen and oxygen atoms in total. The van der Waals surface area contributed by atoms with Gasteiger partial charge < -0.3 is 14.8 Å². The van der Waals surface area contributed by atoms with Gasteiger partial charge in [0.2, 0.25) is 0 Å². The number of hydrogen-bond acceptors (Lipinski definition) is 3. The molecule has 0 spiro atoms. The number of hydrogen-bond donors (Lipinski definition) is 1. The van der Waals surface area contributed by atoms with Gasteiger partial charge in [-0.25, -0.2) is 0 Å². The average Bonchev–Trinajstić information content (AvgIpc) is 2.77. The van der Waals surface area contributed by atoms with Crippen molar-refractivity contribution in [3.8, 4) is 11.5 Å². The fourth-order valence-electron chi connectivity index (χ4n) is 7.06. The van der Waals surface area contributed by atoms with Crippen molar-refractivity contribution in [2.75, 3.05) is 6.61 Å². The Bertz CT molecular complexity index is 941. The van der Waals surface area contributed by atoms with E-state index in [9.17, 15) is 0 Å². The highest BCUT2D eigenvalue weighted by atomic mass is 79.9. The molecule has 2 aromatic rings. The van der Waals surface area contributed by atoms with Crippen LogP contribution in [0.15, 0.2) is 40.9 Å². The highest BCUT2D eigenvalue weighted by Crippen LogP contribution is 2.61. The lowest BCUT2D eigenvalue weighted by Crippen LogP contribution is -2.54. The van der Waals surface area contributed by atoms with Crippen LogP contribution in [-0.4, -0.2) is 12.6 Å². The molecule has 4 bridgehead atoms. The van der Waals surface area contributed by atoms with Gasteiger partial charge >= 0.3 is 0 Å². The molecule has 2 aromatic carbocycles. The van der Waals surface area contributed by atoms with Crippen LogP contribution in [0.25, 0.3) is 0 Å². The normalized spacial score (nSPS) is 28.7. The van der Waals surface area contributed by atoms with Crippen LogP contribution in [0, 0.1) is 23.2 Å². The van der Waals surface area contributed by atoms with Gasteiger partial charge in [-0.3, -0.25) is 0 Å². The van der Waals surface area contributed by atoms with Gasteiger partial charge in [-0.15, -0.1) is 0 Å². The second-order valence-electron chi connectivity index (χ2n) is 10.6. The predicted molar refractivity (Wildman–Crippen MR) is 138 cm³/mol. The van der Waals surface area contributed by atoms with Crippen LogP contribution in [0.4, 0.5) is 0 Å². The minimum absolute atomic E-state index is 0.469. The van der Waals surface area contributed by atoms with Gasteiger partial charge in [0, 0.05) is 17.6 Å². The Morgan fingerprint density at radius 3 is 2.24 bits per heavy atom. The first kappa shape index (κ1) is 23.5. The third-order valence-electron chi connectivity index (χ3n) is 8.28. The van der Waals surface area contributed by atoms with E-state index < -0.39 is 0 Å². The minimum atomic E-state index is 0.469. The lowest BCUT2D eigenvalue weighted by molar-refractivity contribution is -0.0706. The molecule has 0 aromatic heterocycles. The SMILES string of the molecule is CCOc1cc(CNC(C)C23CC4CC(CC(C4)C2)C3)cc(Br)c1OCc1ccc(Cl)cc1. The van der Waals surface area contributed by atoms with Crippen LogP contribution in [0.5, 0.6) is 11.5 Å². The van der Waals surface area contributed by atoms with Gasteiger partial charge in [-0.05, 0) is 127 Å². The van der Waals surface area contributed by atoms with E-state index in [1.807, 2.05) is 31.2 Å². The molecule has 0 saturated heterocycles. The molecule has 178 valence electrons. The van der Waals surface area contributed by atoms with E-state index in [-0.39, 0.29) is 0 Å². The molecule has 4 aliphatic carbocycles. The maximum absolute atomic E-state index is 6.16. The van der Waals surface area contributed by atoms with Crippen molar-refractivity contribution in [1.29, 1.82) is 0 Å². The highest BCUT2D eigenvalue weighted by molar-refractivity contribution is 9.10. The average molecular weight is 533 g/mol. The van der Waals surface area contributed by atoms with Gasteiger partial charge in [0.15, 0.2) is 11.5 Å². The summed E-state index contributed by atoms with van der Waals surface area (Å²) in [6, 6.07) is 12.6. The molecule has 4 fully saturated rings. The maximum atomic E-state index is 6.16. The Labute approximate surface area is 211 Å². The van der Waals surface area contributed by atoms with Crippen molar-refractivity contribution >= 4 is 27.5 Å². The smallest absolute Gasteiger partial charge is 0.175 e. The molecule has 1 unspecified atom stereocenters. The van der Waals surface area contributed by atoms with E-state index in [0.717, 1.165) is 50.9 Å². The van der Waals surface area contributed by atoms with Gasteiger partial charge in [0.1, 0.15) is 6.61 Å². The molecular weight excluding hydrogens is 498 g/mol. The van der Waals surface area contributed by atoms with Crippen LogP contribution in [-0.2, 0) is 13.2 Å². The summed E-state index contributed by atoms with van der Waals surface area (Å²) in [6.45, 7) is 6.35. The number of rotatable bonds is 9. The quantitative estimate of drug-likeness (QED) is 0.358. The Morgan fingerprint density at radius 2 is 1.64 bits per heavy atom. The molecule has 33 heavy (non-hydrogen) atoms. The molecule has 1 N–H and O–H groups in total. The molecule has 6 rings (SSSR count). The summed E-state index contributed by atoms with van der Waals surface area (Å²) >= 11 is 9.74. The second-order valence-corrected chi connectivity index (χ2v) is 11.9. The van der Waals surface area contributed by atoms with Gasteiger partial charge in [-0.2, -0.15) is 0 Å². The first-order chi connectivity index (χ1) is 15.9. The predicted octanol–water partition coefficient (Wildman–Crippen LogP) is 7.77. The van der Waals surface area contributed by atoms with Crippen molar-refractivity contribution < 1.29 is 9.47 Å². The molecule has 4 aliphatic rings. The second kappa shape index (κ2) is 9.79. The third-order valence-corrected chi connectivity index (χ3v) is 9.12. The minimum Gasteiger partial charge on any atom is -0.490 e. The van der Waals surface area contributed by atoms with Crippen LogP contribution in [0.3, 0.4) is 0 Å². The van der Waals surface area contributed by atoms with Crippen molar-refractivity contribution in [3.05, 3.63) is 57.0 Å². The first-order valence-corrected chi connectivity index (χ1v) is 13.7. The van der Waals surface area contributed by atoms with Gasteiger partial charge in [0.25, 0.3) is 0 Å². The number of halogens is 2. The molecule has 4 saturated carbocycles. The monoisotopic (exact) mass is 531 g/mol. The van der Waals surface area contributed by atoms with E-state index in [2.05, 4.69) is 40.3 Å². The molecule has 0 aliphatic heterocycles. The molecule has 0 radical (unpaired) electrons. The first-order valence-electron chi connectivity index (χ1n) is 12.5. The Balaban J connectivity index is 1.26. The fourth-order valence-corrected chi connectivity index (χ4v) is 7.79. The molecule has 1 atom stereocenters. The molecule has 0 heterocycles. The van der Waals surface area contributed by atoms with E-state index >= 15 is 0 Å². The maximum Gasteiger partial charge on any atom is 0.175 e. The lowest BCUT2D eigenvalue weighted by Gasteiger charge is -2.59. The van der Waals surface area contributed by atoms with Crippen molar-refractivity contribution in [1.82, 2.24) is 5.32 Å². The molecular formula is C28H35BrClNO2. The van der Waals surface area contributed by atoms with Crippen LogP contribution in [0.2, 0.25) is 5.02 Å². The summed E-state index contributed by atoms with van der Waals surface area (Å²) in [5.74, 6) is 4.49. The third kappa shape index (κ3) is 5.09. The van der Waals surface area contributed by atoms with Crippen LogP contribution < -0.4 is 14.8 Å². The largest absolute Gasteiger partial charge is 0.490 e. The van der Waals surface area contributed by atoms with E-state index in [1.54, 1.807) is 0 Å². The van der Waals surface area contributed by atoms with Crippen molar-refractivity contribution in [3.63, 3.8) is 0 Å². The zero-order chi connectivity index (χ0) is 23.0. The lowest BCUT2D eigenvalue weighted by atomic mass is 9.48. The topological polar surface area (TPSA) is 30.5 Å². The van der Waals surface area contributed by atoms with Crippen molar-refractivity contribution in [2.45, 2.75) is 71.6 Å². The zero-order valence-electron chi connectivity index (χ0n) is 19.7. The van der Waals surface area contributed by atoms with Crippen LogP contribution >= 0.6 is 27.5 Å². The fraction of sp³-hybridized carbons (Fsp3) is 0.571. The highest BCUT2D eigenvalue weighted by Gasteiger charge is 2.52. The summed E-state index contributed by atoms with van der Waals surface area (Å²) in [5.41, 5.74) is 2.81. The number of ether oxygens (including phenoxy) is 2. The Kier molecular flexibility index (Phi) is 6.98. The standard InChI is InChI=1S/C28H35BrClNO2/c1-3-32-26-12-23(11-25(29)27(26)33-17-19-4-6-24(30)7-5-19)16-31-18(2)28-13-20-8-21(14-28)10-22(9-20)15-28/h4-7,11-12,18,20-22,31H,3,8-10,13-17H2,1-2H3. The zero-order valence-corrected chi connectivity index (χ0v) is 22.1. The summed E-state index contributed by atoms with van der Waals surface area (Å²) < 4.78 is 13.1. The summed E-state index contributed by atoms with van der Waals surface area (Å²) in [7, 11) is 0. The molecule has 5 heteroatoms. The van der Waals surface area contributed by atoms with E-state index in [4.69, 9.17) is 21.1 Å². The number of benzene rings is 2. The van der Waals surface area contributed by atoms with Crippen LogP contribution in [0.1, 0.15) is 63.5 Å². The summed E-state index contributed by atoms with van der Waals surface area (Å²) in [6.07, 6.45) is 8.77.